The van der Waals surface area contributed by atoms with Gasteiger partial charge in [0.05, 0.1) is 0 Å². The maximum Gasteiger partial charge on any atom is 0.344 e. The summed E-state index contributed by atoms with van der Waals surface area (Å²) in [7, 11) is 0. The second-order valence-electron chi connectivity index (χ2n) is 9.88. The molecule has 2 heterocycles. The number of carbonyl (C=O) groups is 5. The zero-order valence-electron chi connectivity index (χ0n) is 19.6. The highest BCUT2D eigenvalue weighted by molar-refractivity contribution is 6.11. The van der Waals surface area contributed by atoms with Gasteiger partial charge in [0.15, 0.2) is 0 Å². The van der Waals surface area contributed by atoms with Crippen LogP contribution in [0.4, 0.5) is 9.59 Å². The van der Waals surface area contributed by atoms with Crippen LogP contribution in [0.2, 0.25) is 0 Å². The Morgan fingerprint density at radius 1 is 0.971 bits per heavy atom. The molecule has 3 fully saturated rings. The second-order valence-corrected chi connectivity index (χ2v) is 9.88. The number of imide groups is 2. The summed E-state index contributed by atoms with van der Waals surface area (Å²) in [6.07, 6.45) is 2.59. The van der Waals surface area contributed by atoms with Crippen LogP contribution in [0.25, 0.3) is 10.8 Å². The van der Waals surface area contributed by atoms with Crippen LogP contribution >= 0.6 is 0 Å². The largest absolute Gasteiger partial charge is 0.344 e. The van der Waals surface area contributed by atoms with Crippen molar-refractivity contribution in [3.63, 3.8) is 0 Å². The minimum Gasteiger partial charge on any atom is -0.322 e. The third-order valence-corrected chi connectivity index (χ3v) is 7.43. The lowest BCUT2D eigenvalue weighted by atomic mass is 9.77. The van der Waals surface area contributed by atoms with Gasteiger partial charge < -0.3 is 10.6 Å². The van der Waals surface area contributed by atoms with Crippen molar-refractivity contribution >= 4 is 40.6 Å². The summed E-state index contributed by atoms with van der Waals surface area (Å²) in [5, 5.41) is 7.96. The first-order chi connectivity index (χ1) is 16.6. The molecule has 1 aliphatic carbocycles. The number of hydrazine groups is 1. The van der Waals surface area contributed by atoms with Gasteiger partial charge in [0, 0.05) is 0 Å². The summed E-state index contributed by atoms with van der Waals surface area (Å²) < 4.78 is 0. The van der Waals surface area contributed by atoms with Crippen molar-refractivity contribution in [3.8, 4) is 0 Å². The van der Waals surface area contributed by atoms with Gasteiger partial charge in [-0.15, -0.1) is 0 Å². The quantitative estimate of drug-likeness (QED) is 0.582. The fourth-order valence-corrected chi connectivity index (χ4v) is 5.16. The zero-order valence-corrected chi connectivity index (χ0v) is 19.6. The first-order valence-electron chi connectivity index (χ1n) is 11.7. The van der Waals surface area contributed by atoms with Crippen molar-refractivity contribution in [3.05, 3.63) is 48.0 Å². The molecule has 2 aromatic carbocycles. The van der Waals surface area contributed by atoms with Crippen LogP contribution in [-0.4, -0.2) is 51.8 Å². The fourth-order valence-electron chi connectivity index (χ4n) is 5.16. The average molecular weight is 478 g/mol. The van der Waals surface area contributed by atoms with E-state index in [-0.39, 0.29) is 0 Å². The van der Waals surface area contributed by atoms with E-state index in [4.69, 9.17) is 0 Å². The minimum absolute atomic E-state index is 0.463. The van der Waals surface area contributed by atoms with E-state index in [2.05, 4.69) is 23.0 Å². The molecule has 7 amide bonds. The Bertz CT molecular complexity index is 1270. The van der Waals surface area contributed by atoms with E-state index in [1.165, 1.54) is 0 Å². The lowest BCUT2D eigenvalue weighted by molar-refractivity contribution is -0.141. The van der Waals surface area contributed by atoms with Crippen molar-refractivity contribution < 1.29 is 24.0 Å². The Kier molecular flexibility index (Phi) is 5.26. The molecule has 2 aromatic rings. The summed E-state index contributed by atoms with van der Waals surface area (Å²) in [5.74, 6) is -1.46. The molecule has 2 saturated heterocycles. The van der Waals surface area contributed by atoms with Crippen LogP contribution in [0.5, 0.6) is 0 Å². The smallest absolute Gasteiger partial charge is 0.322 e. The molecule has 182 valence electrons. The molecule has 3 aliphatic rings. The summed E-state index contributed by atoms with van der Waals surface area (Å²) >= 11 is 0. The molecule has 5 rings (SSSR count). The molecule has 2 aliphatic heterocycles. The number of hydrogen-bond acceptors (Lipinski definition) is 5. The summed E-state index contributed by atoms with van der Waals surface area (Å²) in [6, 6.07) is 11.7. The van der Waals surface area contributed by atoms with Gasteiger partial charge in [-0.3, -0.25) is 24.7 Å². The summed E-state index contributed by atoms with van der Waals surface area (Å²) in [6.45, 7) is 3.05. The highest BCUT2D eigenvalue weighted by Crippen LogP contribution is 2.36. The van der Waals surface area contributed by atoms with E-state index in [1.54, 1.807) is 13.0 Å². The third-order valence-electron chi connectivity index (χ3n) is 7.43. The van der Waals surface area contributed by atoms with E-state index in [1.807, 2.05) is 36.4 Å². The molecule has 3 N–H and O–H groups in total. The van der Waals surface area contributed by atoms with Crippen molar-refractivity contribution in [2.75, 3.05) is 6.54 Å². The molecule has 1 atom stereocenters. The van der Waals surface area contributed by atoms with Crippen molar-refractivity contribution in [1.82, 2.24) is 26.0 Å². The molecular formula is C25H27N5O5. The van der Waals surface area contributed by atoms with Crippen molar-refractivity contribution in [2.24, 2.45) is 5.92 Å². The van der Waals surface area contributed by atoms with Gasteiger partial charge in [0.25, 0.3) is 17.7 Å². The van der Waals surface area contributed by atoms with Gasteiger partial charge in [-0.2, -0.15) is 5.01 Å². The Labute approximate surface area is 202 Å². The van der Waals surface area contributed by atoms with Gasteiger partial charge in [-0.1, -0.05) is 43.3 Å². The Balaban J connectivity index is 1.29. The number of carbonyl (C=O) groups excluding carboxylic acids is 5. The topological polar surface area (TPSA) is 128 Å². The molecule has 0 bridgehead atoms. The van der Waals surface area contributed by atoms with Crippen molar-refractivity contribution in [1.29, 1.82) is 0 Å². The van der Waals surface area contributed by atoms with Crippen molar-refractivity contribution in [2.45, 2.75) is 50.6 Å². The third kappa shape index (κ3) is 3.69. The van der Waals surface area contributed by atoms with Gasteiger partial charge in [0.2, 0.25) is 0 Å². The monoisotopic (exact) mass is 477 g/mol. The standard InChI is InChI=1S/C25H27N5O5/c1-15-9-11-25(12-10-15)21(33)30(23(35)27-25)28-19(31)14-29-20(32)24(2,26-22(29)34)18-8-7-16-5-3-4-6-17(16)13-18/h3-8,13,15H,9-12,14H2,1-2H3,(H,26,34)(H,27,35)(H,28,31)/t15?,24-,25?/m1/s1. The van der Waals surface area contributed by atoms with Crippen LogP contribution in [0.1, 0.15) is 45.1 Å². The highest BCUT2D eigenvalue weighted by atomic mass is 16.2. The lowest BCUT2D eigenvalue weighted by Gasteiger charge is -2.33. The highest BCUT2D eigenvalue weighted by Gasteiger charge is 2.54. The zero-order chi connectivity index (χ0) is 25.0. The SMILES string of the molecule is CC1CCC2(CC1)NC(=O)N(NC(=O)CN1C(=O)N[C@](C)(c3ccc4ccccc4c3)C1=O)C2=O. The predicted molar refractivity (Wildman–Crippen MR) is 125 cm³/mol. The van der Waals surface area contributed by atoms with Crippen LogP contribution in [0.3, 0.4) is 0 Å². The lowest BCUT2D eigenvalue weighted by Crippen LogP contribution is -2.53. The van der Waals surface area contributed by atoms with Crippen LogP contribution in [0, 0.1) is 5.92 Å². The maximum absolute atomic E-state index is 13.3. The Morgan fingerprint density at radius 2 is 1.66 bits per heavy atom. The molecule has 0 aromatic heterocycles. The van der Waals surface area contributed by atoms with Gasteiger partial charge in [-0.05, 0) is 60.9 Å². The number of amides is 7. The Hall–Kier alpha value is -3.95. The van der Waals surface area contributed by atoms with Crippen LogP contribution in [0.15, 0.2) is 42.5 Å². The number of urea groups is 2. The second kappa shape index (κ2) is 8.07. The number of fused-ring (bicyclic) bond motifs is 1. The first kappa shape index (κ1) is 22.8. The van der Waals surface area contributed by atoms with E-state index in [0.29, 0.717) is 29.3 Å². The predicted octanol–water partition coefficient (Wildman–Crippen LogP) is 2.14. The van der Waals surface area contributed by atoms with Crippen LogP contribution in [-0.2, 0) is 19.9 Å². The minimum atomic E-state index is -1.36. The van der Waals surface area contributed by atoms with E-state index in [9.17, 15) is 24.0 Å². The van der Waals surface area contributed by atoms with Gasteiger partial charge >= 0.3 is 12.1 Å². The number of nitrogens with one attached hydrogen (secondary N) is 3. The first-order valence-corrected chi connectivity index (χ1v) is 11.7. The molecule has 35 heavy (non-hydrogen) atoms. The normalized spacial score (nSPS) is 28.6. The Morgan fingerprint density at radius 3 is 2.37 bits per heavy atom. The summed E-state index contributed by atoms with van der Waals surface area (Å²) in [4.78, 5) is 64.9. The molecule has 0 unspecified atom stereocenters. The molecule has 10 heteroatoms. The van der Waals surface area contributed by atoms with Crippen LogP contribution < -0.4 is 16.1 Å². The number of benzene rings is 2. The van der Waals surface area contributed by atoms with E-state index in [0.717, 1.165) is 28.5 Å². The van der Waals surface area contributed by atoms with Gasteiger partial charge in [-0.25, -0.2) is 9.59 Å². The molecular weight excluding hydrogens is 450 g/mol. The molecule has 1 spiro atoms. The summed E-state index contributed by atoms with van der Waals surface area (Å²) in [5.41, 5.74) is 0.499. The fraction of sp³-hybridized carbons (Fsp3) is 0.400. The van der Waals surface area contributed by atoms with Gasteiger partial charge in [0.1, 0.15) is 17.6 Å². The van der Waals surface area contributed by atoms with E-state index >= 15 is 0 Å². The maximum atomic E-state index is 13.3. The molecule has 10 nitrogen and oxygen atoms in total. The van der Waals surface area contributed by atoms with E-state index < -0.39 is 47.4 Å². The number of hydrogen-bond donors (Lipinski definition) is 3. The number of nitrogens with zero attached hydrogens (tertiary/aromatic N) is 2. The molecule has 0 radical (unpaired) electrons. The average Bonchev–Trinajstić information content (AvgIpc) is 3.20. The molecule has 1 saturated carbocycles. The number of rotatable bonds is 4.